The van der Waals surface area contributed by atoms with Gasteiger partial charge in [-0.25, -0.2) is 0 Å². The zero-order valence-electron chi connectivity index (χ0n) is 10.5. The van der Waals surface area contributed by atoms with Crippen molar-refractivity contribution in [1.29, 1.82) is 0 Å². The van der Waals surface area contributed by atoms with Gasteiger partial charge in [-0.1, -0.05) is 13.3 Å². The molecule has 0 spiro atoms. The lowest BCUT2D eigenvalue weighted by molar-refractivity contribution is 0.0750. The molecule has 1 heterocycles. The molecule has 2 nitrogen and oxygen atoms in total. The first-order valence-corrected chi connectivity index (χ1v) is 7.24. The van der Waals surface area contributed by atoms with Crippen LogP contribution in [0.3, 0.4) is 0 Å². The quantitative estimate of drug-likeness (QED) is 0.660. The summed E-state index contributed by atoms with van der Waals surface area (Å²) in [5.74, 6) is 2.85. The van der Waals surface area contributed by atoms with Crippen molar-refractivity contribution in [1.82, 2.24) is 5.32 Å². The second-order valence-corrected chi connectivity index (χ2v) is 6.63. The fraction of sp³-hybridized carbons (Fsp3) is 1.00. The SMILES string of the molecule is CC1CCC2CC3CCC(N)CC3NC2C1. The van der Waals surface area contributed by atoms with Crippen LogP contribution in [0.25, 0.3) is 0 Å². The normalized spacial score (nSPS) is 52.9. The van der Waals surface area contributed by atoms with E-state index in [2.05, 4.69) is 12.2 Å². The van der Waals surface area contributed by atoms with E-state index >= 15 is 0 Å². The summed E-state index contributed by atoms with van der Waals surface area (Å²) in [5.41, 5.74) is 6.10. The first kappa shape index (κ1) is 11.0. The van der Waals surface area contributed by atoms with Crippen LogP contribution in [0.15, 0.2) is 0 Å². The van der Waals surface area contributed by atoms with E-state index in [1.54, 1.807) is 0 Å². The fourth-order valence-corrected chi connectivity index (χ4v) is 4.35. The fourth-order valence-electron chi connectivity index (χ4n) is 4.35. The Kier molecular flexibility index (Phi) is 2.97. The molecule has 6 atom stereocenters. The van der Waals surface area contributed by atoms with Gasteiger partial charge in [-0.2, -0.15) is 0 Å². The minimum absolute atomic E-state index is 0.464. The molecule has 0 bridgehead atoms. The summed E-state index contributed by atoms with van der Waals surface area (Å²) in [6.07, 6.45) is 9.68. The molecule has 0 aromatic rings. The van der Waals surface area contributed by atoms with Gasteiger partial charge < -0.3 is 11.1 Å². The maximum Gasteiger partial charge on any atom is 0.0113 e. The number of rotatable bonds is 0. The average molecular weight is 222 g/mol. The van der Waals surface area contributed by atoms with Gasteiger partial charge in [0.1, 0.15) is 0 Å². The van der Waals surface area contributed by atoms with Crippen LogP contribution in [-0.4, -0.2) is 18.1 Å². The van der Waals surface area contributed by atoms with Gasteiger partial charge in [0.25, 0.3) is 0 Å². The zero-order valence-corrected chi connectivity index (χ0v) is 10.5. The molecule has 3 aliphatic rings. The lowest BCUT2D eigenvalue weighted by Crippen LogP contribution is -2.57. The van der Waals surface area contributed by atoms with Crippen LogP contribution < -0.4 is 11.1 Å². The third kappa shape index (κ3) is 2.02. The molecular weight excluding hydrogens is 196 g/mol. The molecule has 3 rings (SSSR count). The molecular formula is C14H26N2. The van der Waals surface area contributed by atoms with Crippen molar-refractivity contribution in [3.05, 3.63) is 0 Å². The standard InChI is InChI=1S/C14H26N2/c1-9-2-3-10-7-11-4-5-12(15)8-14(11)16-13(10)6-9/h9-14,16H,2-8,15H2,1H3. The topological polar surface area (TPSA) is 38.0 Å². The predicted octanol–water partition coefficient (Wildman–Crippen LogP) is 2.28. The number of nitrogens with two attached hydrogens (primary N) is 1. The summed E-state index contributed by atoms with van der Waals surface area (Å²) in [4.78, 5) is 0. The highest BCUT2D eigenvalue weighted by atomic mass is 15.0. The Bertz CT molecular complexity index is 229. The van der Waals surface area contributed by atoms with Crippen LogP contribution in [0.1, 0.15) is 51.9 Å². The molecule has 1 saturated heterocycles. The molecule has 2 saturated carbocycles. The van der Waals surface area contributed by atoms with Crippen molar-refractivity contribution in [2.24, 2.45) is 23.5 Å². The molecule has 16 heavy (non-hydrogen) atoms. The van der Waals surface area contributed by atoms with E-state index in [-0.39, 0.29) is 0 Å². The maximum absolute atomic E-state index is 6.10. The summed E-state index contributed by atoms with van der Waals surface area (Å²) >= 11 is 0. The lowest BCUT2D eigenvalue weighted by atomic mass is 9.67. The number of nitrogens with one attached hydrogen (secondary N) is 1. The third-order valence-corrected chi connectivity index (χ3v) is 5.32. The predicted molar refractivity (Wildman–Crippen MR) is 67.2 cm³/mol. The van der Waals surface area contributed by atoms with Crippen LogP contribution in [-0.2, 0) is 0 Å². The van der Waals surface area contributed by atoms with E-state index in [1.807, 2.05) is 0 Å². The second-order valence-electron chi connectivity index (χ2n) is 6.63. The summed E-state index contributed by atoms with van der Waals surface area (Å²) < 4.78 is 0. The van der Waals surface area contributed by atoms with E-state index in [4.69, 9.17) is 5.73 Å². The molecule has 0 aromatic carbocycles. The van der Waals surface area contributed by atoms with E-state index in [0.29, 0.717) is 6.04 Å². The Labute approximate surface area is 99.4 Å². The van der Waals surface area contributed by atoms with Gasteiger partial charge in [0.15, 0.2) is 0 Å². The first-order valence-electron chi connectivity index (χ1n) is 7.24. The molecule has 3 N–H and O–H groups in total. The van der Waals surface area contributed by atoms with Crippen molar-refractivity contribution >= 4 is 0 Å². The number of piperidine rings is 1. The van der Waals surface area contributed by atoms with Crippen LogP contribution in [0.5, 0.6) is 0 Å². The van der Waals surface area contributed by atoms with Crippen LogP contribution in [0, 0.1) is 17.8 Å². The van der Waals surface area contributed by atoms with Crippen LogP contribution in [0.2, 0.25) is 0 Å². The summed E-state index contributed by atoms with van der Waals surface area (Å²) in [6, 6.07) is 2.02. The Morgan fingerprint density at radius 3 is 2.38 bits per heavy atom. The van der Waals surface area contributed by atoms with Gasteiger partial charge in [0.05, 0.1) is 0 Å². The molecule has 3 fully saturated rings. The minimum atomic E-state index is 0.464. The molecule has 0 amide bonds. The highest BCUT2D eigenvalue weighted by molar-refractivity contribution is 4.98. The van der Waals surface area contributed by atoms with Gasteiger partial charge in [-0.15, -0.1) is 0 Å². The smallest absolute Gasteiger partial charge is 0.0113 e. The molecule has 2 heteroatoms. The van der Waals surface area contributed by atoms with E-state index in [1.165, 1.54) is 44.9 Å². The number of hydrogen-bond donors (Lipinski definition) is 2. The monoisotopic (exact) mass is 222 g/mol. The molecule has 92 valence electrons. The van der Waals surface area contributed by atoms with Gasteiger partial charge in [-0.3, -0.25) is 0 Å². The van der Waals surface area contributed by atoms with E-state index in [9.17, 15) is 0 Å². The van der Waals surface area contributed by atoms with E-state index < -0.39 is 0 Å². The van der Waals surface area contributed by atoms with Crippen molar-refractivity contribution in [2.45, 2.75) is 70.0 Å². The molecule has 2 aliphatic carbocycles. The van der Waals surface area contributed by atoms with Gasteiger partial charge in [-0.05, 0) is 56.3 Å². The van der Waals surface area contributed by atoms with Crippen LogP contribution in [0.4, 0.5) is 0 Å². The zero-order chi connectivity index (χ0) is 11.1. The summed E-state index contributed by atoms with van der Waals surface area (Å²) in [5, 5.41) is 3.94. The largest absolute Gasteiger partial charge is 0.328 e. The molecule has 1 aliphatic heterocycles. The lowest BCUT2D eigenvalue weighted by Gasteiger charge is -2.49. The summed E-state index contributed by atoms with van der Waals surface area (Å²) in [7, 11) is 0. The average Bonchev–Trinajstić information content (AvgIpc) is 2.26. The molecule has 0 aromatic heterocycles. The van der Waals surface area contributed by atoms with Gasteiger partial charge in [0.2, 0.25) is 0 Å². The second kappa shape index (κ2) is 4.30. The molecule has 6 unspecified atom stereocenters. The third-order valence-electron chi connectivity index (χ3n) is 5.32. The number of fused-ring (bicyclic) bond motifs is 2. The summed E-state index contributed by atoms with van der Waals surface area (Å²) in [6.45, 7) is 2.41. The molecule has 0 radical (unpaired) electrons. The minimum Gasteiger partial charge on any atom is -0.328 e. The first-order chi connectivity index (χ1) is 7.72. The van der Waals surface area contributed by atoms with Gasteiger partial charge >= 0.3 is 0 Å². The Morgan fingerprint density at radius 1 is 0.875 bits per heavy atom. The van der Waals surface area contributed by atoms with Crippen molar-refractivity contribution < 1.29 is 0 Å². The van der Waals surface area contributed by atoms with Crippen LogP contribution >= 0.6 is 0 Å². The maximum atomic E-state index is 6.10. The Hall–Kier alpha value is -0.0800. The van der Waals surface area contributed by atoms with Crippen molar-refractivity contribution in [2.75, 3.05) is 0 Å². The number of hydrogen-bond acceptors (Lipinski definition) is 2. The van der Waals surface area contributed by atoms with E-state index in [0.717, 1.165) is 29.8 Å². The Morgan fingerprint density at radius 2 is 1.56 bits per heavy atom. The Balaban J connectivity index is 1.67. The van der Waals surface area contributed by atoms with Crippen molar-refractivity contribution in [3.8, 4) is 0 Å². The highest BCUT2D eigenvalue weighted by Gasteiger charge is 2.40. The highest BCUT2D eigenvalue weighted by Crippen LogP contribution is 2.41. The van der Waals surface area contributed by atoms with Crippen molar-refractivity contribution in [3.63, 3.8) is 0 Å². The van der Waals surface area contributed by atoms with Gasteiger partial charge in [0, 0.05) is 18.1 Å².